The molecule has 0 fully saturated rings. The van der Waals surface area contributed by atoms with Gasteiger partial charge >= 0.3 is 0 Å². The summed E-state index contributed by atoms with van der Waals surface area (Å²) in [5, 5.41) is 2.11. The molecule has 150 valence electrons. The van der Waals surface area contributed by atoms with E-state index in [4.69, 9.17) is 14.2 Å². The number of thiophene rings is 1. The third kappa shape index (κ3) is 3.44. The monoisotopic (exact) mass is 409 g/mol. The van der Waals surface area contributed by atoms with Crippen LogP contribution < -0.4 is 14.2 Å². The van der Waals surface area contributed by atoms with Crippen molar-refractivity contribution in [2.24, 2.45) is 0 Å². The normalized spacial score (nSPS) is 15.6. The summed E-state index contributed by atoms with van der Waals surface area (Å²) in [4.78, 5) is 16.9. The second kappa shape index (κ2) is 8.17. The second-order valence-corrected chi connectivity index (χ2v) is 7.78. The number of carbonyl (C=O) groups is 1. The summed E-state index contributed by atoms with van der Waals surface area (Å²) in [6.45, 7) is 0.655. The van der Waals surface area contributed by atoms with E-state index in [-0.39, 0.29) is 11.9 Å². The quantitative estimate of drug-likeness (QED) is 0.620. The molecule has 3 aromatic rings. The second-order valence-electron chi connectivity index (χ2n) is 6.77. The molecule has 0 radical (unpaired) electrons. The Labute approximate surface area is 174 Å². The minimum Gasteiger partial charge on any atom is -0.493 e. The molecule has 0 unspecified atom stereocenters. The lowest BCUT2D eigenvalue weighted by atomic mass is 9.92. The van der Waals surface area contributed by atoms with Gasteiger partial charge < -0.3 is 19.1 Å². The predicted molar refractivity (Wildman–Crippen MR) is 113 cm³/mol. The fourth-order valence-electron chi connectivity index (χ4n) is 3.90. The molecule has 1 aliphatic heterocycles. The van der Waals surface area contributed by atoms with Gasteiger partial charge in [-0.15, -0.1) is 11.3 Å². The van der Waals surface area contributed by atoms with E-state index in [0.29, 0.717) is 29.4 Å². The molecule has 1 aliphatic rings. The summed E-state index contributed by atoms with van der Waals surface area (Å²) >= 11 is 1.76. The number of nitrogens with zero attached hydrogens (tertiary/aromatic N) is 1. The van der Waals surface area contributed by atoms with E-state index >= 15 is 0 Å². The zero-order valence-corrected chi connectivity index (χ0v) is 17.5. The minimum atomic E-state index is -0.113. The van der Waals surface area contributed by atoms with Gasteiger partial charge in [0.15, 0.2) is 11.5 Å². The van der Waals surface area contributed by atoms with E-state index in [1.165, 1.54) is 10.4 Å². The maximum Gasteiger partial charge on any atom is 0.254 e. The van der Waals surface area contributed by atoms with Crippen LogP contribution in [0.5, 0.6) is 17.2 Å². The number of ether oxygens (including phenoxy) is 3. The molecule has 2 heterocycles. The number of hydrogen-bond donors (Lipinski definition) is 0. The Morgan fingerprint density at radius 2 is 1.69 bits per heavy atom. The van der Waals surface area contributed by atoms with Crippen LogP contribution >= 0.6 is 11.3 Å². The van der Waals surface area contributed by atoms with Crippen LogP contribution in [0.3, 0.4) is 0 Å². The molecule has 2 aromatic carbocycles. The standard InChI is InChI=1S/C23H23NO4S/c1-26-18-13-16(14-19(27-2)22(18)28-3)23(25)24-11-9-20-17(10-12-29-20)21(24)15-7-5-4-6-8-15/h4-8,10,12-14,21H,9,11H2,1-3H3/t21-/m0/s1. The van der Waals surface area contributed by atoms with Crippen molar-refractivity contribution in [3.63, 3.8) is 0 Å². The molecule has 0 saturated heterocycles. The first kappa shape index (κ1) is 19.3. The Morgan fingerprint density at radius 1 is 1.00 bits per heavy atom. The molecule has 5 nitrogen and oxygen atoms in total. The summed E-state index contributed by atoms with van der Waals surface area (Å²) in [7, 11) is 4.66. The van der Waals surface area contributed by atoms with Crippen molar-refractivity contribution in [2.75, 3.05) is 27.9 Å². The molecule has 0 N–H and O–H groups in total. The average Bonchev–Trinajstić information content (AvgIpc) is 3.26. The van der Waals surface area contributed by atoms with Gasteiger partial charge in [0, 0.05) is 17.0 Å². The van der Waals surface area contributed by atoms with E-state index in [1.54, 1.807) is 44.8 Å². The van der Waals surface area contributed by atoms with Crippen molar-refractivity contribution < 1.29 is 19.0 Å². The number of hydrogen-bond acceptors (Lipinski definition) is 5. The first-order chi connectivity index (χ1) is 14.2. The van der Waals surface area contributed by atoms with Gasteiger partial charge in [0.1, 0.15) is 0 Å². The molecular weight excluding hydrogens is 386 g/mol. The van der Waals surface area contributed by atoms with E-state index < -0.39 is 0 Å². The Hall–Kier alpha value is -2.99. The zero-order chi connectivity index (χ0) is 20.4. The van der Waals surface area contributed by atoms with E-state index in [1.807, 2.05) is 23.1 Å². The van der Waals surface area contributed by atoms with Crippen molar-refractivity contribution in [1.82, 2.24) is 4.90 Å². The number of rotatable bonds is 5. The number of carbonyl (C=O) groups excluding carboxylic acids is 1. The summed E-state index contributed by atoms with van der Waals surface area (Å²) in [6.07, 6.45) is 0.854. The molecule has 29 heavy (non-hydrogen) atoms. The first-order valence-corrected chi connectivity index (χ1v) is 10.3. The Balaban J connectivity index is 1.78. The largest absolute Gasteiger partial charge is 0.493 e. The van der Waals surface area contributed by atoms with Crippen LogP contribution in [0.15, 0.2) is 53.9 Å². The maximum atomic E-state index is 13.6. The van der Waals surface area contributed by atoms with Gasteiger partial charge in [-0.2, -0.15) is 0 Å². The summed E-state index contributed by atoms with van der Waals surface area (Å²) in [6, 6.07) is 15.6. The SMILES string of the molecule is COc1cc(C(=O)N2CCc3sccc3[C@@H]2c2ccccc2)cc(OC)c1OC. The summed E-state index contributed by atoms with van der Waals surface area (Å²) in [5.74, 6) is 1.36. The van der Waals surface area contributed by atoms with Crippen LogP contribution in [0.25, 0.3) is 0 Å². The van der Waals surface area contributed by atoms with Crippen LogP contribution in [0.2, 0.25) is 0 Å². The number of fused-ring (bicyclic) bond motifs is 1. The minimum absolute atomic E-state index is 0.0602. The highest BCUT2D eigenvalue weighted by Crippen LogP contribution is 2.41. The van der Waals surface area contributed by atoms with E-state index in [0.717, 1.165) is 12.0 Å². The highest BCUT2D eigenvalue weighted by molar-refractivity contribution is 7.10. The molecule has 0 saturated carbocycles. The van der Waals surface area contributed by atoms with Crippen LogP contribution in [0, 0.1) is 0 Å². The fraction of sp³-hybridized carbons (Fsp3) is 0.261. The number of methoxy groups -OCH3 is 3. The van der Waals surface area contributed by atoms with Crippen LogP contribution in [0.4, 0.5) is 0 Å². The summed E-state index contributed by atoms with van der Waals surface area (Å²) in [5.41, 5.74) is 2.82. The van der Waals surface area contributed by atoms with Crippen molar-refractivity contribution in [1.29, 1.82) is 0 Å². The van der Waals surface area contributed by atoms with Crippen molar-refractivity contribution in [2.45, 2.75) is 12.5 Å². The van der Waals surface area contributed by atoms with Crippen molar-refractivity contribution >= 4 is 17.2 Å². The number of benzene rings is 2. The Bertz CT molecular complexity index is 990. The van der Waals surface area contributed by atoms with Crippen LogP contribution in [0.1, 0.15) is 32.4 Å². The third-order valence-electron chi connectivity index (χ3n) is 5.25. The molecule has 1 amide bonds. The lowest BCUT2D eigenvalue weighted by Gasteiger charge is -2.36. The van der Waals surface area contributed by atoms with Crippen LogP contribution in [-0.4, -0.2) is 38.7 Å². The Kier molecular flexibility index (Phi) is 5.45. The molecule has 4 rings (SSSR count). The molecule has 6 heteroatoms. The molecule has 0 spiro atoms. The van der Waals surface area contributed by atoms with Gasteiger partial charge in [-0.25, -0.2) is 0 Å². The molecule has 0 bridgehead atoms. The topological polar surface area (TPSA) is 48.0 Å². The van der Waals surface area contributed by atoms with E-state index in [2.05, 4.69) is 23.6 Å². The highest BCUT2D eigenvalue weighted by Gasteiger charge is 2.34. The third-order valence-corrected chi connectivity index (χ3v) is 6.25. The van der Waals surface area contributed by atoms with Crippen molar-refractivity contribution in [3.05, 3.63) is 75.5 Å². The first-order valence-electron chi connectivity index (χ1n) is 9.40. The fourth-order valence-corrected chi connectivity index (χ4v) is 4.80. The maximum absolute atomic E-state index is 13.6. The molecular formula is C23H23NO4S. The smallest absolute Gasteiger partial charge is 0.254 e. The lowest BCUT2D eigenvalue weighted by molar-refractivity contribution is 0.0695. The van der Waals surface area contributed by atoms with Gasteiger partial charge in [0.2, 0.25) is 5.75 Å². The Morgan fingerprint density at radius 3 is 2.31 bits per heavy atom. The number of amides is 1. The van der Waals surface area contributed by atoms with E-state index in [9.17, 15) is 4.79 Å². The van der Waals surface area contributed by atoms with Gasteiger partial charge in [-0.05, 0) is 41.1 Å². The van der Waals surface area contributed by atoms with Gasteiger partial charge in [-0.1, -0.05) is 30.3 Å². The molecule has 1 aromatic heterocycles. The lowest BCUT2D eigenvalue weighted by Crippen LogP contribution is -2.40. The average molecular weight is 410 g/mol. The highest BCUT2D eigenvalue weighted by atomic mass is 32.1. The summed E-state index contributed by atoms with van der Waals surface area (Å²) < 4.78 is 16.3. The molecule has 0 aliphatic carbocycles. The predicted octanol–water partition coefficient (Wildman–Crippen LogP) is 4.56. The molecule has 1 atom stereocenters. The zero-order valence-electron chi connectivity index (χ0n) is 16.7. The van der Waals surface area contributed by atoms with Crippen molar-refractivity contribution in [3.8, 4) is 17.2 Å². The van der Waals surface area contributed by atoms with Crippen LogP contribution in [-0.2, 0) is 6.42 Å². The van der Waals surface area contributed by atoms with Gasteiger partial charge in [0.05, 0.1) is 27.4 Å². The van der Waals surface area contributed by atoms with Gasteiger partial charge in [0.25, 0.3) is 5.91 Å². The van der Waals surface area contributed by atoms with Gasteiger partial charge in [-0.3, -0.25) is 4.79 Å².